The van der Waals surface area contributed by atoms with Gasteiger partial charge in [-0.15, -0.1) is 11.3 Å². The van der Waals surface area contributed by atoms with E-state index in [1.807, 2.05) is 31.2 Å². The van der Waals surface area contributed by atoms with E-state index in [1.165, 1.54) is 30.6 Å². The molecule has 1 heterocycles. The molecule has 0 aliphatic heterocycles. The van der Waals surface area contributed by atoms with Crippen LogP contribution in [-0.4, -0.2) is 24.6 Å². The first kappa shape index (κ1) is 19.8. The first-order valence-electron chi connectivity index (χ1n) is 8.84. The summed E-state index contributed by atoms with van der Waals surface area (Å²) in [6.07, 6.45) is 0.916. The highest BCUT2D eigenvalue weighted by Crippen LogP contribution is 2.32. The Hall–Kier alpha value is -2.93. The molecule has 0 radical (unpaired) electrons. The molecule has 7 heteroatoms. The molecule has 0 atom stereocenters. The van der Waals surface area contributed by atoms with Crippen molar-refractivity contribution in [1.29, 1.82) is 0 Å². The van der Waals surface area contributed by atoms with Gasteiger partial charge in [-0.1, -0.05) is 12.1 Å². The van der Waals surface area contributed by atoms with E-state index < -0.39 is 0 Å². The summed E-state index contributed by atoms with van der Waals surface area (Å²) in [5.41, 5.74) is 2.23. The van der Waals surface area contributed by atoms with Crippen LogP contribution in [0.4, 0.5) is 9.52 Å². The third kappa shape index (κ3) is 5.29. The number of hydrogen-bond acceptors (Lipinski definition) is 5. The lowest BCUT2D eigenvalue weighted by molar-refractivity contribution is -0.116. The lowest BCUT2D eigenvalue weighted by Crippen LogP contribution is -2.12. The Balaban J connectivity index is 1.51. The summed E-state index contributed by atoms with van der Waals surface area (Å²) in [6, 6.07) is 12.0. The van der Waals surface area contributed by atoms with E-state index in [4.69, 9.17) is 9.47 Å². The van der Waals surface area contributed by atoms with Gasteiger partial charge in [0.15, 0.2) is 5.13 Å². The first-order valence-corrected chi connectivity index (χ1v) is 9.72. The number of nitrogens with zero attached hydrogens (tertiary/aromatic N) is 1. The standard InChI is InChI=1S/C21H21FN2O3S/c1-14-5-3-6-16(11-14)27-10-4-7-20(25)24-21-23-18(13-28-21)17-12-15(22)8-9-19(17)26-2/h3,5-6,8-9,11-13H,4,7,10H2,1-2H3,(H,23,24,25). The zero-order valence-electron chi connectivity index (χ0n) is 15.7. The highest BCUT2D eigenvalue weighted by molar-refractivity contribution is 7.14. The molecule has 1 amide bonds. The number of benzene rings is 2. The van der Waals surface area contributed by atoms with Gasteiger partial charge in [0.1, 0.15) is 17.3 Å². The van der Waals surface area contributed by atoms with Gasteiger partial charge in [0, 0.05) is 17.4 Å². The molecule has 0 spiro atoms. The Morgan fingerprint density at radius 3 is 2.89 bits per heavy atom. The molecule has 0 unspecified atom stereocenters. The number of aromatic nitrogens is 1. The van der Waals surface area contributed by atoms with Crippen molar-refractivity contribution < 1.29 is 18.7 Å². The van der Waals surface area contributed by atoms with Gasteiger partial charge in [0.05, 0.1) is 19.4 Å². The van der Waals surface area contributed by atoms with Crippen LogP contribution in [0.3, 0.4) is 0 Å². The molecule has 3 rings (SSSR count). The number of rotatable bonds is 8. The number of thiazole rings is 1. The summed E-state index contributed by atoms with van der Waals surface area (Å²) in [5, 5.41) is 4.99. The van der Waals surface area contributed by atoms with E-state index >= 15 is 0 Å². The number of carbonyl (C=O) groups is 1. The normalized spacial score (nSPS) is 10.5. The van der Waals surface area contributed by atoms with Gasteiger partial charge in [0.25, 0.3) is 0 Å². The molecule has 146 valence electrons. The maximum atomic E-state index is 13.5. The predicted molar refractivity (Wildman–Crippen MR) is 109 cm³/mol. The van der Waals surface area contributed by atoms with Crippen molar-refractivity contribution in [3.63, 3.8) is 0 Å². The second-order valence-electron chi connectivity index (χ2n) is 6.20. The van der Waals surface area contributed by atoms with Crippen LogP contribution in [0.1, 0.15) is 18.4 Å². The molecular weight excluding hydrogens is 379 g/mol. The van der Waals surface area contributed by atoms with Crippen LogP contribution in [-0.2, 0) is 4.79 Å². The molecule has 3 aromatic rings. The van der Waals surface area contributed by atoms with Crippen molar-refractivity contribution in [2.24, 2.45) is 0 Å². The molecule has 1 N–H and O–H groups in total. The van der Waals surface area contributed by atoms with Crippen molar-refractivity contribution in [2.45, 2.75) is 19.8 Å². The largest absolute Gasteiger partial charge is 0.496 e. The summed E-state index contributed by atoms with van der Waals surface area (Å²) in [6.45, 7) is 2.46. The molecule has 28 heavy (non-hydrogen) atoms. The zero-order chi connectivity index (χ0) is 19.9. The van der Waals surface area contributed by atoms with Gasteiger partial charge in [-0.25, -0.2) is 9.37 Å². The van der Waals surface area contributed by atoms with Gasteiger partial charge in [0.2, 0.25) is 5.91 Å². The second-order valence-corrected chi connectivity index (χ2v) is 7.06. The number of methoxy groups -OCH3 is 1. The fourth-order valence-corrected chi connectivity index (χ4v) is 3.37. The van der Waals surface area contributed by atoms with Crippen molar-refractivity contribution in [2.75, 3.05) is 19.0 Å². The molecular formula is C21H21FN2O3S. The highest BCUT2D eigenvalue weighted by Gasteiger charge is 2.13. The smallest absolute Gasteiger partial charge is 0.226 e. The van der Waals surface area contributed by atoms with Crippen LogP contribution in [0, 0.1) is 12.7 Å². The number of ether oxygens (including phenoxy) is 2. The van der Waals surface area contributed by atoms with Gasteiger partial charge >= 0.3 is 0 Å². The predicted octanol–water partition coefficient (Wildman–Crippen LogP) is 5.06. The average molecular weight is 400 g/mol. The number of halogens is 1. The van der Waals surface area contributed by atoms with Gasteiger partial charge in [-0.2, -0.15) is 0 Å². The Kier molecular flexibility index (Phi) is 6.60. The first-order chi connectivity index (χ1) is 13.5. The van der Waals surface area contributed by atoms with Crippen molar-refractivity contribution in [3.8, 4) is 22.8 Å². The van der Waals surface area contributed by atoms with E-state index in [9.17, 15) is 9.18 Å². The van der Waals surface area contributed by atoms with Crippen LogP contribution < -0.4 is 14.8 Å². The van der Waals surface area contributed by atoms with Crippen molar-refractivity contribution in [1.82, 2.24) is 4.98 Å². The summed E-state index contributed by atoms with van der Waals surface area (Å²) >= 11 is 1.28. The summed E-state index contributed by atoms with van der Waals surface area (Å²) in [7, 11) is 1.52. The van der Waals surface area contributed by atoms with E-state index in [1.54, 1.807) is 11.4 Å². The monoisotopic (exact) mass is 400 g/mol. The Bertz CT molecular complexity index is 958. The van der Waals surface area contributed by atoms with Crippen LogP contribution in [0.5, 0.6) is 11.5 Å². The minimum Gasteiger partial charge on any atom is -0.496 e. The van der Waals surface area contributed by atoms with Crippen LogP contribution in [0.25, 0.3) is 11.3 Å². The highest BCUT2D eigenvalue weighted by atomic mass is 32.1. The molecule has 0 bridgehead atoms. The van der Waals surface area contributed by atoms with Crippen molar-refractivity contribution in [3.05, 3.63) is 59.2 Å². The maximum absolute atomic E-state index is 13.5. The van der Waals surface area contributed by atoms with Gasteiger partial charge < -0.3 is 14.8 Å². The second kappa shape index (κ2) is 9.32. The molecule has 1 aromatic heterocycles. The fraction of sp³-hybridized carbons (Fsp3) is 0.238. The Labute approximate surface area is 167 Å². The lowest BCUT2D eigenvalue weighted by Gasteiger charge is -2.07. The molecule has 0 saturated carbocycles. The van der Waals surface area contributed by atoms with Gasteiger partial charge in [-0.3, -0.25) is 4.79 Å². The third-order valence-corrected chi connectivity index (χ3v) is 4.75. The SMILES string of the molecule is COc1ccc(F)cc1-c1csc(NC(=O)CCCOc2cccc(C)c2)n1. The maximum Gasteiger partial charge on any atom is 0.226 e. The van der Waals surface area contributed by atoms with Gasteiger partial charge in [-0.05, 0) is 49.2 Å². The minimum atomic E-state index is -0.372. The fourth-order valence-electron chi connectivity index (χ4n) is 2.64. The molecule has 0 fully saturated rings. The Morgan fingerprint density at radius 2 is 2.11 bits per heavy atom. The Morgan fingerprint density at radius 1 is 1.25 bits per heavy atom. The number of nitrogens with one attached hydrogen (secondary N) is 1. The number of carbonyl (C=O) groups excluding carboxylic acids is 1. The molecule has 0 aliphatic rings. The zero-order valence-corrected chi connectivity index (χ0v) is 16.5. The van der Waals surface area contributed by atoms with E-state index in [-0.39, 0.29) is 11.7 Å². The van der Waals surface area contributed by atoms with Crippen LogP contribution in [0.15, 0.2) is 47.8 Å². The van der Waals surface area contributed by atoms with Crippen molar-refractivity contribution >= 4 is 22.4 Å². The quantitative estimate of drug-likeness (QED) is 0.537. The lowest BCUT2D eigenvalue weighted by atomic mass is 10.1. The molecule has 0 saturated heterocycles. The summed E-state index contributed by atoms with van der Waals surface area (Å²) < 4.78 is 24.4. The molecule has 2 aromatic carbocycles. The molecule has 0 aliphatic carbocycles. The van der Waals surface area contributed by atoms with Crippen LogP contribution in [0.2, 0.25) is 0 Å². The average Bonchev–Trinajstić information content (AvgIpc) is 3.13. The van der Waals surface area contributed by atoms with E-state index in [0.717, 1.165) is 11.3 Å². The summed E-state index contributed by atoms with van der Waals surface area (Å²) in [4.78, 5) is 16.5. The van der Waals surface area contributed by atoms with E-state index in [0.29, 0.717) is 41.6 Å². The van der Waals surface area contributed by atoms with Crippen LogP contribution >= 0.6 is 11.3 Å². The topological polar surface area (TPSA) is 60.5 Å². The number of amides is 1. The number of anilines is 1. The number of aryl methyl sites for hydroxylation is 1. The third-order valence-electron chi connectivity index (χ3n) is 3.99. The number of hydrogen-bond donors (Lipinski definition) is 1. The van der Waals surface area contributed by atoms with E-state index in [2.05, 4.69) is 10.3 Å². The minimum absolute atomic E-state index is 0.139. The summed E-state index contributed by atoms with van der Waals surface area (Å²) in [5.74, 6) is 0.815. The molecule has 5 nitrogen and oxygen atoms in total.